The number of para-hydroxylation sites is 1. The van der Waals surface area contributed by atoms with Crippen molar-refractivity contribution >= 4 is 6.09 Å². The Kier molecular flexibility index (Phi) is 3.16. The maximum Gasteiger partial charge on any atom is 0.411 e. The van der Waals surface area contributed by atoms with Gasteiger partial charge in [0.2, 0.25) is 0 Å². The number of hydrogen-bond acceptors (Lipinski definition) is 4. The summed E-state index contributed by atoms with van der Waals surface area (Å²) in [5, 5.41) is 8.06. The molecule has 0 N–H and O–H groups in total. The normalized spacial score (nSPS) is 14.1. The topological polar surface area (TPSA) is 60.2 Å². The lowest BCUT2D eigenvalue weighted by atomic mass is 10.1. The molecule has 2 aromatic rings. The van der Waals surface area contributed by atoms with Crippen LogP contribution in [0.3, 0.4) is 0 Å². The van der Waals surface area contributed by atoms with E-state index in [1.807, 2.05) is 49.6 Å². The maximum absolute atomic E-state index is 12.4. The summed E-state index contributed by atoms with van der Waals surface area (Å²) in [6.07, 6.45) is 1.33. The van der Waals surface area contributed by atoms with Crippen molar-refractivity contribution in [2.24, 2.45) is 0 Å². The van der Waals surface area contributed by atoms with E-state index in [0.29, 0.717) is 13.1 Å². The number of rotatable bonds is 0. The van der Waals surface area contributed by atoms with Crippen LogP contribution in [0.4, 0.5) is 4.79 Å². The van der Waals surface area contributed by atoms with Gasteiger partial charge in [0.05, 0.1) is 18.8 Å². The fourth-order valence-electron chi connectivity index (χ4n) is 2.34. The van der Waals surface area contributed by atoms with E-state index in [9.17, 15) is 4.79 Å². The Morgan fingerprint density at radius 1 is 1.24 bits per heavy atom. The highest BCUT2D eigenvalue weighted by atomic mass is 16.6. The number of ether oxygens (including phenoxy) is 1. The summed E-state index contributed by atoms with van der Waals surface area (Å²) in [6, 6.07) is 7.93. The molecule has 1 aromatic heterocycles. The van der Waals surface area contributed by atoms with Crippen LogP contribution in [-0.4, -0.2) is 31.4 Å². The van der Waals surface area contributed by atoms with Crippen molar-refractivity contribution in [3.8, 4) is 5.69 Å². The molecule has 110 valence electrons. The molecule has 1 aromatic carbocycles. The zero-order chi connectivity index (χ0) is 15.0. The Morgan fingerprint density at radius 3 is 2.76 bits per heavy atom. The van der Waals surface area contributed by atoms with E-state index in [2.05, 4.69) is 10.2 Å². The molecule has 0 radical (unpaired) electrons. The van der Waals surface area contributed by atoms with Gasteiger partial charge in [-0.25, -0.2) is 4.79 Å². The Morgan fingerprint density at radius 2 is 2.00 bits per heavy atom. The molecule has 0 aliphatic carbocycles. The number of aromatic nitrogens is 3. The van der Waals surface area contributed by atoms with Crippen molar-refractivity contribution in [2.45, 2.75) is 39.5 Å². The Bertz CT molecular complexity index is 672. The molecule has 1 aliphatic heterocycles. The molecule has 0 fully saturated rings. The van der Waals surface area contributed by atoms with Gasteiger partial charge in [-0.15, -0.1) is 10.2 Å². The summed E-state index contributed by atoms with van der Waals surface area (Å²) in [7, 11) is 0. The zero-order valence-corrected chi connectivity index (χ0v) is 12.4. The van der Waals surface area contributed by atoms with Crippen molar-refractivity contribution in [2.75, 3.05) is 0 Å². The highest BCUT2D eigenvalue weighted by Gasteiger charge is 2.27. The lowest BCUT2D eigenvalue weighted by Crippen LogP contribution is -2.35. The van der Waals surface area contributed by atoms with Crippen LogP contribution in [0.1, 0.15) is 32.2 Å². The molecular formula is C15H18N4O2. The summed E-state index contributed by atoms with van der Waals surface area (Å²) in [5.74, 6) is 0.728. The van der Waals surface area contributed by atoms with E-state index >= 15 is 0 Å². The zero-order valence-electron chi connectivity index (χ0n) is 12.4. The van der Waals surface area contributed by atoms with Crippen molar-refractivity contribution < 1.29 is 9.53 Å². The molecule has 0 unspecified atom stereocenters. The average molecular weight is 286 g/mol. The molecule has 6 heteroatoms. The molecule has 0 saturated carbocycles. The fraction of sp³-hybridized carbons (Fsp3) is 0.400. The van der Waals surface area contributed by atoms with Gasteiger partial charge in [-0.2, -0.15) is 0 Å². The number of hydrogen-bond donors (Lipinski definition) is 0. The summed E-state index contributed by atoms with van der Waals surface area (Å²) in [6.45, 7) is 6.45. The van der Waals surface area contributed by atoms with E-state index in [-0.39, 0.29) is 6.09 Å². The highest BCUT2D eigenvalue weighted by Crippen LogP contribution is 2.24. The van der Waals surface area contributed by atoms with Crippen LogP contribution < -0.4 is 0 Å². The summed E-state index contributed by atoms with van der Waals surface area (Å²) >= 11 is 0. The number of amides is 1. The lowest BCUT2D eigenvalue weighted by molar-refractivity contribution is 0.0214. The van der Waals surface area contributed by atoms with Crippen LogP contribution >= 0.6 is 0 Å². The molecule has 0 spiro atoms. The first kappa shape index (κ1) is 13.6. The predicted molar refractivity (Wildman–Crippen MR) is 76.8 cm³/mol. The SMILES string of the molecule is CC(C)(C)OC(=O)N1Cc2ccccc2-n2cnnc2C1. The third-order valence-electron chi connectivity index (χ3n) is 3.21. The van der Waals surface area contributed by atoms with E-state index in [1.165, 1.54) is 0 Å². The first-order chi connectivity index (χ1) is 9.94. The van der Waals surface area contributed by atoms with Gasteiger partial charge in [0.25, 0.3) is 0 Å². The smallest absolute Gasteiger partial charge is 0.411 e. The minimum atomic E-state index is -0.517. The summed E-state index contributed by atoms with van der Waals surface area (Å²) in [4.78, 5) is 14.0. The Hall–Kier alpha value is -2.37. The van der Waals surface area contributed by atoms with E-state index in [1.54, 1.807) is 11.2 Å². The van der Waals surface area contributed by atoms with Crippen molar-refractivity contribution in [1.29, 1.82) is 0 Å². The first-order valence-electron chi connectivity index (χ1n) is 6.89. The first-order valence-corrected chi connectivity index (χ1v) is 6.89. The Labute approximate surface area is 123 Å². The quantitative estimate of drug-likeness (QED) is 0.746. The fourth-order valence-corrected chi connectivity index (χ4v) is 2.34. The largest absolute Gasteiger partial charge is 0.444 e. The van der Waals surface area contributed by atoms with E-state index < -0.39 is 5.60 Å². The van der Waals surface area contributed by atoms with Crippen LogP contribution in [0.2, 0.25) is 0 Å². The number of carbonyl (C=O) groups is 1. The highest BCUT2D eigenvalue weighted by molar-refractivity contribution is 5.68. The lowest BCUT2D eigenvalue weighted by Gasteiger charge is -2.26. The molecule has 6 nitrogen and oxygen atoms in total. The van der Waals surface area contributed by atoms with Crippen LogP contribution in [0.25, 0.3) is 5.69 Å². The second-order valence-electron chi connectivity index (χ2n) is 6.08. The Balaban J connectivity index is 1.96. The summed E-state index contributed by atoms with van der Waals surface area (Å²) in [5.41, 5.74) is 1.53. The van der Waals surface area contributed by atoms with Gasteiger partial charge in [0, 0.05) is 0 Å². The van der Waals surface area contributed by atoms with Crippen molar-refractivity contribution in [1.82, 2.24) is 19.7 Å². The van der Waals surface area contributed by atoms with Gasteiger partial charge in [-0.1, -0.05) is 18.2 Å². The number of carbonyl (C=O) groups excluding carboxylic acids is 1. The van der Waals surface area contributed by atoms with Gasteiger partial charge >= 0.3 is 6.09 Å². The monoisotopic (exact) mass is 286 g/mol. The standard InChI is InChI=1S/C15H18N4O2/c1-15(2,3)21-14(20)18-8-11-6-4-5-7-12(11)19-10-16-17-13(19)9-18/h4-7,10H,8-9H2,1-3H3. The van der Waals surface area contributed by atoms with Gasteiger partial charge in [-0.05, 0) is 32.4 Å². The van der Waals surface area contributed by atoms with Crippen LogP contribution in [0, 0.1) is 0 Å². The van der Waals surface area contributed by atoms with E-state index in [0.717, 1.165) is 17.1 Å². The maximum atomic E-state index is 12.4. The van der Waals surface area contributed by atoms with Crippen molar-refractivity contribution in [3.63, 3.8) is 0 Å². The number of fused-ring (bicyclic) bond motifs is 3. The molecule has 1 aliphatic rings. The minimum Gasteiger partial charge on any atom is -0.444 e. The van der Waals surface area contributed by atoms with Gasteiger partial charge in [0.15, 0.2) is 5.82 Å². The molecule has 0 bridgehead atoms. The van der Waals surface area contributed by atoms with Gasteiger partial charge in [0.1, 0.15) is 11.9 Å². The van der Waals surface area contributed by atoms with Crippen molar-refractivity contribution in [3.05, 3.63) is 42.0 Å². The van der Waals surface area contributed by atoms with Gasteiger partial charge < -0.3 is 4.74 Å². The number of nitrogens with zero attached hydrogens (tertiary/aromatic N) is 4. The second kappa shape index (κ2) is 4.87. The van der Waals surface area contributed by atoms with Crippen LogP contribution in [0.5, 0.6) is 0 Å². The molecule has 3 rings (SSSR count). The second-order valence-corrected chi connectivity index (χ2v) is 6.08. The van der Waals surface area contributed by atoms with Crippen LogP contribution in [-0.2, 0) is 17.8 Å². The number of benzene rings is 1. The molecule has 0 saturated heterocycles. The third-order valence-corrected chi connectivity index (χ3v) is 3.21. The molecule has 2 heterocycles. The average Bonchev–Trinajstić information content (AvgIpc) is 2.79. The predicted octanol–water partition coefficient (Wildman–Crippen LogP) is 2.52. The third kappa shape index (κ3) is 2.74. The van der Waals surface area contributed by atoms with Gasteiger partial charge in [-0.3, -0.25) is 9.47 Å². The van der Waals surface area contributed by atoms with E-state index in [4.69, 9.17) is 4.74 Å². The molecule has 21 heavy (non-hydrogen) atoms. The molecular weight excluding hydrogens is 268 g/mol. The molecule has 1 amide bonds. The summed E-state index contributed by atoms with van der Waals surface area (Å²) < 4.78 is 7.39. The molecule has 0 atom stereocenters. The minimum absolute atomic E-state index is 0.339. The van der Waals surface area contributed by atoms with Crippen LogP contribution in [0.15, 0.2) is 30.6 Å².